The highest BCUT2D eigenvalue weighted by Gasteiger charge is 2.09. The Hall–Kier alpha value is -0.860. The molecule has 1 N–H and O–H groups in total. The van der Waals surface area contributed by atoms with E-state index in [0.29, 0.717) is 0 Å². The van der Waals surface area contributed by atoms with E-state index in [4.69, 9.17) is 0 Å². The van der Waals surface area contributed by atoms with E-state index in [0.717, 1.165) is 19.3 Å². The molecule has 1 atom stereocenters. The molecule has 2 heteroatoms. The van der Waals surface area contributed by atoms with Gasteiger partial charge in [0.1, 0.15) is 0 Å². The van der Waals surface area contributed by atoms with Crippen molar-refractivity contribution < 1.29 is 5.11 Å². The Bertz CT molecular complexity index is 475. The van der Waals surface area contributed by atoms with Crippen LogP contribution in [-0.4, -0.2) is 11.2 Å². The zero-order valence-corrected chi connectivity index (χ0v) is 11.9. The van der Waals surface area contributed by atoms with Crippen LogP contribution in [0, 0.1) is 0 Å². The molecule has 0 saturated carbocycles. The quantitative estimate of drug-likeness (QED) is 0.712. The first kappa shape index (κ1) is 13.6. The van der Waals surface area contributed by atoms with Gasteiger partial charge in [-0.1, -0.05) is 50.8 Å². The maximum atomic E-state index is 10.1. The Balaban J connectivity index is 1.88. The molecule has 98 valence electrons. The topological polar surface area (TPSA) is 20.2 Å². The summed E-state index contributed by atoms with van der Waals surface area (Å²) in [7, 11) is 0. The van der Waals surface area contributed by atoms with Gasteiger partial charge in [0.15, 0.2) is 0 Å². The van der Waals surface area contributed by atoms with Gasteiger partial charge in [0.25, 0.3) is 0 Å². The highest BCUT2D eigenvalue weighted by molar-refractivity contribution is 7.17. The second-order valence-corrected chi connectivity index (χ2v) is 5.88. The lowest BCUT2D eigenvalue weighted by molar-refractivity contribution is 0.161. The number of hydrogen-bond acceptors (Lipinski definition) is 2. The molecular weight excluding hydrogens is 240 g/mol. The maximum absolute atomic E-state index is 10.1. The van der Waals surface area contributed by atoms with Crippen molar-refractivity contribution in [2.24, 2.45) is 0 Å². The van der Waals surface area contributed by atoms with Crippen molar-refractivity contribution in [3.63, 3.8) is 0 Å². The van der Waals surface area contributed by atoms with Crippen LogP contribution in [0.1, 0.15) is 44.6 Å². The maximum Gasteiger partial charge on any atom is 0.0581 e. The van der Waals surface area contributed by atoms with Crippen molar-refractivity contribution in [1.29, 1.82) is 0 Å². The molecule has 0 saturated heterocycles. The zero-order valence-electron chi connectivity index (χ0n) is 11.1. The fourth-order valence-electron chi connectivity index (χ4n) is 2.35. The van der Waals surface area contributed by atoms with Crippen LogP contribution in [0.4, 0.5) is 0 Å². The summed E-state index contributed by atoms with van der Waals surface area (Å²) < 4.78 is 1.32. The summed E-state index contributed by atoms with van der Waals surface area (Å²) in [5, 5.41) is 13.6. The molecule has 1 aromatic heterocycles. The summed E-state index contributed by atoms with van der Waals surface area (Å²) in [6, 6.07) is 8.46. The first-order chi connectivity index (χ1) is 8.81. The summed E-state index contributed by atoms with van der Waals surface area (Å²) in [5.41, 5.74) is 1.30. The van der Waals surface area contributed by atoms with Crippen molar-refractivity contribution in [3.05, 3.63) is 35.2 Å². The number of hydrogen-bond donors (Lipinski definition) is 1. The molecule has 0 spiro atoms. The number of unbranched alkanes of at least 4 members (excludes halogenated alkanes) is 3. The predicted molar refractivity (Wildman–Crippen MR) is 80.3 cm³/mol. The summed E-state index contributed by atoms with van der Waals surface area (Å²) in [6.45, 7) is 2.22. The van der Waals surface area contributed by atoms with Crippen LogP contribution < -0.4 is 0 Å². The first-order valence-corrected chi connectivity index (χ1v) is 7.82. The van der Waals surface area contributed by atoms with Gasteiger partial charge in [0, 0.05) is 4.70 Å². The van der Waals surface area contributed by atoms with E-state index >= 15 is 0 Å². The van der Waals surface area contributed by atoms with Gasteiger partial charge in [-0.3, -0.25) is 0 Å². The second-order valence-electron chi connectivity index (χ2n) is 4.96. The van der Waals surface area contributed by atoms with Crippen LogP contribution in [0.3, 0.4) is 0 Å². The molecule has 0 aliphatic carbocycles. The summed E-state index contributed by atoms with van der Waals surface area (Å²) in [5.74, 6) is 0. The fraction of sp³-hybridized carbons (Fsp3) is 0.500. The smallest absolute Gasteiger partial charge is 0.0581 e. The van der Waals surface area contributed by atoms with E-state index in [-0.39, 0.29) is 6.10 Å². The number of benzene rings is 1. The molecule has 1 heterocycles. The number of aliphatic hydroxyl groups is 1. The SMILES string of the molecule is CCCCCCC(O)Cc1csc2ccccc12. The van der Waals surface area contributed by atoms with E-state index in [1.54, 1.807) is 11.3 Å². The van der Waals surface area contributed by atoms with Crippen molar-refractivity contribution in [2.75, 3.05) is 0 Å². The Kier molecular flexibility index (Phi) is 5.21. The lowest BCUT2D eigenvalue weighted by Crippen LogP contribution is -2.09. The molecule has 2 rings (SSSR count). The average molecular weight is 262 g/mol. The van der Waals surface area contributed by atoms with Crippen molar-refractivity contribution >= 4 is 21.4 Å². The van der Waals surface area contributed by atoms with Crippen molar-refractivity contribution in [1.82, 2.24) is 0 Å². The molecule has 0 aliphatic rings. The second kappa shape index (κ2) is 6.91. The molecule has 0 amide bonds. The fourth-order valence-corrected chi connectivity index (χ4v) is 3.33. The van der Waals surface area contributed by atoms with Crippen LogP contribution >= 0.6 is 11.3 Å². The van der Waals surface area contributed by atoms with E-state index in [1.165, 1.54) is 34.9 Å². The van der Waals surface area contributed by atoms with Crippen molar-refractivity contribution in [2.45, 2.75) is 51.6 Å². The molecule has 1 unspecified atom stereocenters. The van der Waals surface area contributed by atoms with Gasteiger partial charge in [0.05, 0.1) is 6.10 Å². The van der Waals surface area contributed by atoms with E-state index in [2.05, 4.69) is 36.6 Å². The molecule has 0 aliphatic heterocycles. The normalized spacial score (nSPS) is 13.0. The summed E-state index contributed by atoms with van der Waals surface area (Å²) in [6.07, 6.45) is 6.49. The van der Waals surface area contributed by atoms with E-state index in [9.17, 15) is 5.11 Å². The molecule has 0 bridgehead atoms. The van der Waals surface area contributed by atoms with Gasteiger partial charge >= 0.3 is 0 Å². The Morgan fingerprint density at radius 1 is 1.17 bits per heavy atom. The van der Waals surface area contributed by atoms with Gasteiger partial charge < -0.3 is 5.11 Å². The molecule has 0 fully saturated rings. The highest BCUT2D eigenvalue weighted by atomic mass is 32.1. The Labute approximate surface area is 113 Å². The molecule has 1 aromatic carbocycles. The van der Waals surface area contributed by atoms with Gasteiger partial charge in [-0.2, -0.15) is 0 Å². The lowest BCUT2D eigenvalue weighted by atomic mass is 10.0. The average Bonchev–Trinajstić information content (AvgIpc) is 2.78. The standard InChI is InChI=1S/C16H22OS/c1-2-3-4-5-8-14(17)11-13-12-18-16-10-7-6-9-15(13)16/h6-7,9-10,12,14,17H,2-5,8,11H2,1H3. The van der Waals surface area contributed by atoms with Crippen LogP contribution in [0.2, 0.25) is 0 Å². The number of aliphatic hydroxyl groups excluding tert-OH is 1. The highest BCUT2D eigenvalue weighted by Crippen LogP contribution is 2.27. The third-order valence-corrected chi connectivity index (χ3v) is 4.42. The van der Waals surface area contributed by atoms with Crippen LogP contribution in [0.15, 0.2) is 29.6 Å². The van der Waals surface area contributed by atoms with Gasteiger partial charge in [-0.25, -0.2) is 0 Å². The van der Waals surface area contributed by atoms with Crippen LogP contribution in [0.25, 0.3) is 10.1 Å². The molecule has 18 heavy (non-hydrogen) atoms. The van der Waals surface area contributed by atoms with Gasteiger partial charge in [-0.05, 0) is 35.2 Å². The van der Waals surface area contributed by atoms with Gasteiger partial charge in [-0.15, -0.1) is 11.3 Å². The molecule has 2 aromatic rings. The largest absolute Gasteiger partial charge is 0.393 e. The Morgan fingerprint density at radius 2 is 2.00 bits per heavy atom. The molecule has 1 nitrogen and oxygen atoms in total. The van der Waals surface area contributed by atoms with E-state index < -0.39 is 0 Å². The number of rotatable bonds is 7. The first-order valence-electron chi connectivity index (χ1n) is 6.94. The minimum absolute atomic E-state index is 0.181. The summed E-state index contributed by atoms with van der Waals surface area (Å²) >= 11 is 1.78. The van der Waals surface area contributed by atoms with Crippen LogP contribution in [0.5, 0.6) is 0 Å². The number of fused-ring (bicyclic) bond motifs is 1. The third-order valence-electron chi connectivity index (χ3n) is 3.41. The minimum Gasteiger partial charge on any atom is -0.393 e. The van der Waals surface area contributed by atoms with Crippen LogP contribution in [-0.2, 0) is 6.42 Å². The molecule has 0 radical (unpaired) electrons. The minimum atomic E-state index is -0.181. The van der Waals surface area contributed by atoms with E-state index in [1.807, 2.05) is 0 Å². The van der Waals surface area contributed by atoms with Crippen molar-refractivity contribution in [3.8, 4) is 0 Å². The van der Waals surface area contributed by atoms with Gasteiger partial charge in [0.2, 0.25) is 0 Å². The monoisotopic (exact) mass is 262 g/mol. The Morgan fingerprint density at radius 3 is 2.83 bits per heavy atom. The molecular formula is C16H22OS. The number of thiophene rings is 1. The summed E-state index contributed by atoms with van der Waals surface area (Å²) in [4.78, 5) is 0. The zero-order chi connectivity index (χ0) is 12.8. The third kappa shape index (κ3) is 3.56. The lowest BCUT2D eigenvalue weighted by Gasteiger charge is -2.09. The predicted octanol–water partition coefficient (Wildman–Crippen LogP) is 4.78.